The average Bonchev–Trinajstić information content (AvgIpc) is 3.34. The van der Waals surface area contributed by atoms with E-state index in [0.717, 1.165) is 30.4 Å². The van der Waals surface area contributed by atoms with Crippen LogP contribution in [0, 0.1) is 5.41 Å². The number of pyridine rings is 1. The molecule has 0 saturated heterocycles. The molecule has 0 amide bonds. The molecule has 1 atom stereocenters. The molecule has 2 N–H and O–H groups in total. The number of methoxy groups -OCH3 is 1. The third-order valence-electron chi connectivity index (χ3n) is 6.39. The number of carboxylic acid groups (broad SMARTS) is 1. The number of hydrogen-bond donors (Lipinski definition) is 2. The van der Waals surface area contributed by atoms with Crippen molar-refractivity contribution >= 4 is 17.6 Å². The molecule has 0 radical (unpaired) electrons. The minimum Gasteiger partial charge on any atom is -0.492 e. The van der Waals surface area contributed by atoms with E-state index in [9.17, 15) is 9.59 Å². The molecule has 2 aliphatic carbocycles. The van der Waals surface area contributed by atoms with Gasteiger partial charge in [0.05, 0.1) is 11.6 Å². The summed E-state index contributed by atoms with van der Waals surface area (Å²) in [7, 11) is 1.66. The lowest BCUT2D eigenvalue weighted by molar-refractivity contribution is 0.0695. The van der Waals surface area contributed by atoms with Gasteiger partial charge in [-0.2, -0.15) is 0 Å². The van der Waals surface area contributed by atoms with Crippen LogP contribution >= 0.6 is 11.6 Å². The van der Waals surface area contributed by atoms with E-state index in [1.807, 2.05) is 12.1 Å². The van der Waals surface area contributed by atoms with Gasteiger partial charge >= 0.3 is 5.97 Å². The molecule has 7 heteroatoms. The quantitative estimate of drug-likeness (QED) is 0.583. The van der Waals surface area contributed by atoms with Crippen LogP contribution in [0.4, 0.5) is 0 Å². The summed E-state index contributed by atoms with van der Waals surface area (Å²) in [6, 6.07) is 5.17. The van der Waals surface area contributed by atoms with Crippen molar-refractivity contribution in [3.63, 3.8) is 0 Å². The molecule has 1 aromatic heterocycles. The van der Waals surface area contributed by atoms with Gasteiger partial charge in [-0.25, -0.2) is 4.79 Å². The summed E-state index contributed by atoms with van der Waals surface area (Å²) in [6.45, 7) is 1.12. The van der Waals surface area contributed by atoms with E-state index in [2.05, 4.69) is 4.98 Å². The van der Waals surface area contributed by atoms with Crippen LogP contribution in [0.1, 0.15) is 60.4 Å². The number of H-pyrrole nitrogens is 1. The van der Waals surface area contributed by atoms with Crippen molar-refractivity contribution in [3.8, 4) is 17.0 Å². The molecular weight excluding hydrogens is 406 g/mol. The number of carboxylic acids is 1. The first-order chi connectivity index (χ1) is 14.4. The summed E-state index contributed by atoms with van der Waals surface area (Å²) < 4.78 is 11.0. The van der Waals surface area contributed by atoms with Crippen LogP contribution in [0.5, 0.6) is 5.75 Å². The van der Waals surface area contributed by atoms with Gasteiger partial charge in [0.2, 0.25) is 0 Å². The topological polar surface area (TPSA) is 88.6 Å². The van der Waals surface area contributed by atoms with Crippen molar-refractivity contribution in [2.24, 2.45) is 5.41 Å². The monoisotopic (exact) mass is 431 g/mol. The van der Waals surface area contributed by atoms with Gasteiger partial charge < -0.3 is 19.6 Å². The highest BCUT2D eigenvalue weighted by molar-refractivity contribution is 6.32. The first-order valence-electron chi connectivity index (χ1n) is 10.3. The molecule has 6 nitrogen and oxygen atoms in total. The Hall–Kier alpha value is -2.31. The lowest BCUT2D eigenvalue weighted by Crippen LogP contribution is -2.14. The molecule has 1 spiro atoms. The van der Waals surface area contributed by atoms with Crippen LogP contribution < -0.4 is 10.2 Å². The molecule has 2 saturated carbocycles. The summed E-state index contributed by atoms with van der Waals surface area (Å²) in [4.78, 5) is 26.5. The molecule has 2 aliphatic rings. The third kappa shape index (κ3) is 4.25. The molecule has 0 unspecified atom stereocenters. The largest absolute Gasteiger partial charge is 0.492 e. The van der Waals surface area contributed by atoms with Crippen LogP contribution in [-0.4, -0.2) is 36.4 Å². The summed E-state index contributed by atoms with van der Waals surface area (Å²) in [6.07, 6.45) is 8.04. The Morgan fingerprint density at radius 2 is 2.07 bits per heavy atom. The molecule has 1 heterocycles. The van der Waals surface area contributed by atoms with Gasteiger partial charge in [-0.1, -0.05) is 11.6 Å². The Bertz CT molecular complexity index is 1010. The zero-order valence-electron chi connectivity index (χ0n) is 17.0. The van der Waals surface area contributed by atoms with Crippen molar-refractivity contribution in [1.82, 2.24) is 4.98 Å². The first kappa shape index (κ1) is 20.9. The van der Waals surface area contributed by atoms with Crippen LogP contribution in [0.25, 0.3) is 11.3 Å². The van der Waals surface area contributed by atoms with Crippen molar-refractivity contribution < 1.29 is 19.4 Å². The highest BCUT2D eigenvalue weighted by Gasteiger charge is 2.48. The Kier molecular flexibility index (Phi) is 5.89. The zero-order valence-corrected chi connectivity index (χ0v) is 17.8. The number of halogens is 1. The SMILES string of the molecule is COCCCOc1cc([C@H]2CCC3(CC3)C2)c(-c2cc(=O)c(C(=O)O)c[nH]2)cc1Cl. The molecule has 2 fully saturated rings. The number of carbonyl (C=O) groups is 1. The molecule has 160 valence electrons. The second-order valence-electron chi connectivity index (χ2n) is 8.43. The van der Waals surface area contributed by atoms with Crippen LogP contribution in [0.2, 0.25) is 5.02 Å². The highest BCUT2D eigenvalue weighted by Crippen LogP contribution is 2.62. The Morgan fingerprint density at radius 3 is 2.70 bits per heavy atom. The number of hydrogen-bond acceptors (Lipinski definition) is 4. The van der Waals surface area contributed by atoms with Crippen molar-refractivity contribution in [2.75, 3.05) is 20.3 Å². The second-order valence-corrected chi connectivity index (χ2v) is 8.84. The smallest absolute Gasteiger partial charge is 0.341 e. The van der Waals surface area contributed by atoms with E-state index in [4.69, 9.17) is 26.2 Å². The van der Waals surface area contributed by atoms with Gasteiger partial charge in [-0.15, -0.1) is 0 Å². The third-order valence-corrected chi connectivity index (χ3v) is 6.68. The molecule has 2 aromatic rings. The molecule has 0 aliphatic heterocycles. The Labute approximate surface area is 180 Å². The van der Waals surface area contributed by atoms with Gasteiger partial charge in [-0.3, -0.25) is 4.79 Å². The molecule has 4 rings (SSSR count). The minimum absolute atomic E-state index is 0.276. The summed E-state index contributed by atoms with van der Waals surface area (Å²) in [5, 5.41) is 9.62. The summed E-state index contributed by atoms with van der Waals surface area (Å²) in [5.74, 6) is -0.246. The van der Waals surface area contributed by atoms with E-state index in [1.54, 1.807) is 7.11 Å². The normalized spacial score (nSPS) is 19.2. The van der Waals surface area contributed by atoms with Gasteiger partial charge in [0, 0.05) is 43.7 Å². The molecular formula is C23H26ClNO5. The Morgan fingerprint density at radius 1 is 1.27 bits per heavy atom. The van der Waals surface area contributed by atoms with Gasteiger partial charge in [0.25, 0.3) is 0 Å². The van der Waals surface area contributed by atoms with E-state index in [0.29, 0.717) is 41.0 Å². The first-order valence-corrected chi connectivity index (χ1v) is 10.7. The maximum atomic E-state index is 12.3. The maximum absolute atomic E-state index is 12.3. The van der Waals surface area contributed by atoms with E-state index >= 15 is 0 Å². The number of nitrogens with one attached hydrogen (secondary N) is 1. The predicted octanol–water partition coefficient (Wildman–Crippen LogP) is 4.86. The number of ether oxygens (including phenoxy) is 2. The highest BCUT2D eigenvalue weighted by atomic mass is 35.5. The summed E-state index contributed by atoms with van der Waals surface area (Å²) >= 11 is 6.52. The fourth-order valence-corrected chi connectivity index (χ4v) is 4.75. The number of aromatic nitrogens is 1. The fraction of sp³-hybridized carbons (Fsp3) is 0.478. The van der Waals surface area contributed by atoms with Crippen molar-refractivity contribution in [3.05, 3.63) is 50.8 Å². The fourth-order valence-electron chi connectivity index (χ4n) is 4.53. The van der Waals surface area contributed by atoms with E-state index < -0.39 is 11.4 Å². The van der Waals surface area contributed by atoms with Crippen molar-refractivity contribution in [2.45, 2.75) is 44.4 Å². The number of aromatic carboxylic acids is 1. The van der Waals surface area contributed by atoms with Crippen LogP contribution in [-0.2, 0) is 4.74 Å². The lowest BCUT2D eigenvalue weighted by atomic mass is 9.89. The summed E-state index contributed by atoms with van der Waals surface area (Å²) in [5.41, 5.74) is 2.20. The molecule has 1 aromatic carbocycles. The van der Waals surface area contributed by atoms with Crippen LogP contribution in [0.15, 0.2) is 29.2 Å². The lowest BCUT2D eigenvalue weighted by Gasteiger charge is -2.19. The zero-order chi connectivity index (χ0) is 21.3. The van der Waals surface area contributed by atoms with E-state index in [-0.39, 0.29) is 5.56 Å². The predicted molar refractivity (Wildman–Crippen MR) is 115 cm³/mol. The molecule has 0 bridgehead atoms. The number of aromatic amines is 1. The van der Waals surface area contributed by atoms with Crippen molar-refractivity contribution in [1.29, 1.82) is 0 Å². The Balaban J connectivity index is 1.71. The van der Waals surface area contributed by atoms with Gasteiger partial charge in [0.1, 0.15) is 11.3 Å². The average molecular weight is 432 g/mol. The molecule has 30 heavy (non-hydrogen) atoms. The van der Waals surface area contributed by atoms with Gasteiger partial charge in [-0.05, 0) is 61.1 Å². The second kappa shape index (κ2) is 8.44. The van der Waals surface area contributed by atoms with E-state index in [1.165, 1.54) is 31.5 Å². The van der Waals surface area contributed by atoms with Gasteiger partial charge in [0.15, 0.2) is 5.43 Å². The number of rotatable bonds is 8. The minimum atomic E-state index is -1.24. The maximum Gasteiger partial charge on any atom is 0.341 e. The number of benzene rings is 1. The standard InChI is InChI=1S/C23H26ClNO5/c1-29-7-2-8-30-21-10-15(14-3-4-23(12-14)5-6-23)16(9-18(21)24)19-11-20(26)17(13-25-19)22(27)28/h9-11,13-14H,2-8,12H2,1H3,(H,25,26)(H,27,28)/t14-/m0/s1. The van der Waals surface area contributed by atoms with Crippen LogP contribution in [0.3, 0.4) is 0 Å².